The molecule has 0 atom stereocenters. The highest BCUT2D eigenvalue weighted by Crippen LogP contribution is 2.21. The molecule has 94 valence electrons. The Morgan fingerprint density at radius 3 is 2.94 bits per heavy atom. The maximum atomic E-state index is 12.0. The van der Waals surface area contributed by atoms with E-state index in [1.165, 1.54) is 6.42 Å². The van der Waals surface area contributed by atoms with Crippen LogP contribution in [-0.4, -0.2) is 47.7 Å². The first-order chi connectivity index (χ1) is 8.31. The van der Waals surface area contributed by atoms with Crippen LogP contribution < -0.4 is 5.32 Å². The molecule has 1 amide bonds. The van der Waals surface area contributed by atoms with Gasteiger partial charge in [-0.25, -0.2) is 0 Å². The fraction of sp³-hybridized carbons (Fsp3) is 0.667. The van der Waals surface area contributed by atoms with Gasteiger partial charge in [-0.15, -0.1) is 0 Å². The maximum absolute atomic E-state index is 12.0. The first-order valence-electron chi connectivity index (χ1n) is 6.24. The van der Waals surface area contributed by atoms with E-state index in [2.05, 4.69) is 15.5 Å². The molecule has 1 fully saturated rings. The number of hydrogen-bond donors (Lipinski definition) is 2. The van der Waals surface area contributed by atoms with Crippen LogP contribution in [0, 0.1) is 5.92 Å². The second kappa shape index (κ2) is 5.82. The molecule has 1 aliphatic rings. The van der Waals surface area contributed by atoms with E-state index in [0.717, 1.165) is 38.4 Å². The standard InChI is InChI=1S/C12H20N4O/c1-13-5-2-10-3-6-16(7-4-10)12(17)11-8-14-15-9-11/h8-10,13H,2-7H2,1H3,(H,14,15). The predicted octanol–water partition coefficient (Wildman–Crippen LogP) is 0.871. The topological polar surface area (TPSA) is 61.0 Å². The van der Waals surface area contributed by atoms with Crippen LogP contribution in [0.15, 0.2) is 12.4 Å². The van der Waals surface area contributed by atoms with Crippen molar-refractivity contribution in [2.45, 2.75) is 19.3 Å². The van der Waals surface area contributed by atoms with Gasteiger partial charge in [-0.3, -0.25) is 9.89 Å². The number of likely N-dealkylation sites (tertiary alicyclic amines) is 1. The molecule has 1 aromatic rings. The van der Waals surface area contributed by atoms with Gasteiger partial charge < -0.3 is 10.2 Å². The fourth-order valence-electron chi connectivity index (χ4n) is 2.32. The minimum Gasteiger partial charge on any atom is -0.339 e. The summed E-state index contributed by atoms with van der Waals surface area (Å²) in [5, 5.41) is 9.67. The van der Waals surface area contributed by atoms with Gasteiger partial charge >= 0.3 is 0 Å². The summed E-state index contributed by atoms with van der Waals surface area (Å²) in [5.74, 6) is 0.863. The number of nitrogens with one attached hydrogen (secondary N) is 2. The molecule has 0 aliphatic carbocycles. The van der Waals surface area contributed by atoms with Crippen LogP contribution in [0.5, 0.6) is 0 Å². The van der Waals surface area contributed by atoms with E-state index in [9.17, 15) is 4.79 Å². The van der Waals surface area contributed by atoms with E-state index in [0.29, 0.717) is 5.56 Å². The quantitative estimate of drug-likeness (QED) is 0.815. The third-order valence-electron chi connectivity index (χ3n) is 3.45. The molecule has 5 nitrogen and oxygen atoms in total. The molecule has 0 saturated carbocycles. The molecular formula is C12H20N4O. The second-order valence-electron chi connectivity index (χ2n) is 4.61. The van der Waals surface area contributed by atoms with Crippen molar-refractivity contribution in [2.24, 2.45) is 5.92 Å². The fourth-order valence-corrected chi connectivity index (χ4v) is 2.32. The van der Waals surface area contributed by atoms with E-state index >= 15 is 0 Å². The van der Waals surface area contributed by atoms with Gasteiger partial charge in [0, 0.05) is 19.3 Å². The smallest absolute Gasteiger partial charge is 0.257 e. The highest BCUT2D eigenvalue weighted by Gasteiger charge is 2.23. The minimum atomic E-state index is 0.103. The summed E-state index contributed by atoms with van der Waals surface area (Å²) in [4.78, 5) is 14.0. The van der Waals surface area contributed by atoms with Crippen molar-refractivity contribution in [1.29, 1.82) is 0 Å². The monoisotopic (exact) mass is 236 g/mol. The van der Waals surface area contributed by atoms with Crippen LogP contribution >= 0.6 is 0 Å². The summed E-state index contributed by atoms with van der Waals surface area (Å²) in [5.41, 5.74) is 0.665. The summed E-state index contributed by atoms with van der Waals surface area (Å²) < 4.78 is 0. The zero-order valence-corrected chi connectivity index (χ0v) is 10.3. The Labute approximate surface area is 102 Å². The Hall–Kier alpha value is -1.36. The summed E-state index contributed by atoms with van der Waals surface area (Å²) in [6, 6.07) is 0. The van der Waals surface area contributed by atoms with Gasteiger partial charge in [0.25, 0.3) is 5.91 Å². The van der Waals surface area contributed by atoms with Crippen molar-refractivity contribution < 1.29 is 4.79 Å². The van der Waals surface area contributed by atoms with Crippen LogP contribution in [0.1, 0.15) is 29.6 Å². The molecule has 2 heterocycles. The molecule has 5 heteroatoms. The summed E-state index contributed by atoms with van der Waals surface area (Å²) in [7, 11) is 1.98. The Morgan fingerprint density at radius 1 is 1.59 bits per heavy atom. The minimum absolute atomic E-state index is 0.103. The van der Waals surface area contributed by atoms with Crippen LogP contribution in [-0.2, 0) is 0 Å². The number of amides is 1. The first-order valence-corrected chi connectivity index (χ1v) is 6.24. The van der Waals surface area contributed by atoms with E-state index in [1.54, 1.807) is 12.4 Å². The number of carbonyl (C=O) groups is 1. The number of aromatic amines is 1. The molecule has 0 radical (unpaired) electrons. The number of H-pyrrole nitrogens is 1. The number of aromatic nitrogens is 2. The van der Waals surface area contributed by atoms with Crippen molar-refractivity contribution in [1.82, 2.24) is 20.4 Å². The number of carbonyl (C=O) groups excluding carboxylic acids is 1. The molecule has 17 heavy (non-hydrogen) atoms. The van der Waals surface area contributed by atoms with Gasteiger partial charge in [0.05, 0.1) is 11.8 Å². The SMILES string of the molecule is CNCCC1CCN(C(=O)c2cn[nH]c2)CC1. The van der Waals surface area contributed by atoms with Gasteiger partial charge in [-0.2, -0.15) is 5.10 Å². The van der Waals surface area contributed by atoms with Crippen molar-refractivity contribution in [2.75, 3.05) is 26.7 Å². The van der Waals surface area contributed by atoms with Crippen molar-refractivity contribution in [3.05, 3.63) is 18.0 Å². The van der Waals surface area contributed by atoms with E-state index in [4.69, 9.17) is 0 Å². The van der Waals surface area contributed by atoms with E-state index in [-0.39, 0.29) is 5.91 Å². The summed E-state index contributed by atoms with van der Waals surface area (Å²) in [6.45, 7) is 2.82. The average molecular weight is 236 g/mol. The van der Waals surface area contributed by atoms with Gasteiger partial charge in [0.2, 0.25) is 0 Å². The maximum Gasteiger partial charge on any atom is 0.257 e. The Morgan fingerprint density at radius 2 is 2.35 bits per heavy atom. The molecule has 0 bridgehead atoms. The second-order valence-corrected chi connectivity index (χ2v) is 4.61. The molecule has 0 spiro atoms. The molecule has 1 aliphatic heterocycles. The Kier molecular flexibility index (Phi) is 4.14. The normalized spacial score (nSPS) is 17.4. The van der Waals surface area contributed by atoms with E-state index < -0.39 is 0 Å². The largest absolute Gasteiger partial charge is 0.339 e. The zero-order valence-electron chi connectivity index (χ0n) is 10.3. The third kappa shape index (κ3) is 3.06. The van der Waals surface area contributed by atoms with Crippen molar-refractivity contribution in [3.8, 4) is 0 Å². The van der Waals surface area contributed by atoms with Crippen molar-refractivity contribution >= 4 is 5.91 Å². The van der Waals surface area contributed by atoms with Crippen LogP contribution in [0.3, 0.4) is 0 Å². The van der Waals surface area contributed by atoms with Gasteiger partial charge in [-0.1, -0.05) is 0 Å². The molecule has 1 aromatic heterocycles. The molecular weight excluding hydrogens is 216 g/mol. The Balaban J connectivity index is 1.81. The lowest BCUT2D eigenvalue weighted by molar-refractivity contribution is 0.0687. The highest BCUT2D eigenvalue weighted by molar-refractivity contribution is 5.93. The van der Waals surface area contributed by atoms with E-state index in [1.807, 2.05) is 11.9 Å². The highest BCUT2D eigenvalue weighted by atomic mass is 16.2. The molecule has 0 aromatic carbocycles. The Bertz CT molecular complexity index is 341. The molecule has 0 unspecified atom stereocenters. The predicted molar refractivity (Wildman–Crippen MR) is 65.8 cm³/mol. The van der Waals surface area contributed by atoms with Gasteiger partial charge in [-0.05, 0) is 38.8 Å². The zero-order chi connectivity index (χ0) is 12.1. The van der Waals surface area contributed by atoms with Gasteiger partial charge in [0.1, 0.15) is 0 Å². The lowest BCUT2D eigenvalue weighted by Crippen LogP contribution is -2.38. The first kappa shape index (κ1) is 12.1. The molecule has 1 saturated heterocycles. The number of hydrogen-bond acceptors (Lipinski definition) is 3. The van der Waals surface area contributed by atoms with Crippen LogP contribution in [0.25, 0.3) is 0 Å². The molecule has 2 rings (SSSR count). The third-order valence-corrected chi connectivity index (χ3v) is 3.45. The lowest BCUT2D eigenvalue weighted by Gasteiger charge is -2.31. The average Bonchev–Trinajstić information content (AvgIpc) is 2.90. The van der Waals surface area contributed by atoms with Crippen LogP contribution in [0.4, 0.5) is 0 Å². The summed E-state index contributed by atoms with van der Waals surface area (Å²) in [6.07, 6.45) is 6.70. The van der Waals surface area contributed by atoms with Crippen LogP contribution in [0.2, 0.25) is 0 Å². The van der Waals surface area contributed by atoms with Crippen molar-refractivity contribution in [3.63, 3.8) is 0 Å². The summed E-state index contributed by atoms with van der Waals surface area (Å²) >= 11 is 0. The molecule has 2 N–H and O–H groups in total. The number of piperidine rings is 1. The van der Waals surface area contributed by atoms with Gasteiger partial charge in [0.15, 0.2) is 0 Å². The number of rotatable bonds is 4. The number of nitrogens with zero attached hydrogens (tertiary/aromatic N) is 2. The lowest BCUT2D eigenvalue weighted by atomic mass is 9.93.